The number of aromatic amines is 1. The summed E-state index contributed by atoms with van der Waals surface area (Å²) in [5, 5.41) is 4.85. The molecule has 0 unspecified atom stereocenters. The van der Waals surface area contributed by atoms with Crippen LogP contribution in [0.2, 0.25) is 0 Å². The highest BCUT2D eigenvalue weighted by Gasteiger charge is 2.27. The summed E-state index contributed by atoms with van der Waals surface area (Å²) >= 11 is 0. The lowest BCUT2D eigenvalue weighted by atomic mass is 10.2. The number of urea groups is 1. The van der Waals surface area contributed by atoms with Crippen LogP contribution in [-0.4, -0.2) is 23.7 Å². The van der Waals surface area contributed by atoms with Crippen molar-refractivity contribution in [2.75, 3.05) is 11.9 Å². The van der Waals surface area contributed by atoms with Crippen molar-refractivity contribution >= 4 is 22.6 Å². The van der Waals surface area contributed by atoms with E-state index >= 15 is 0 Å². The van der Waals surface area contributed by atoms with Crippen molar-refractivity contribution < 1.29 is 18.0 Å². The topological polar surface area (TPSA) is 56.9 Å². The summed E-state index contributed by atoms with van der Waals surface area (Å²) in [6.45, 7) is -1.36. The van der Waals surface area contributed by atoms with Gasteiger partial charge in [0.15, 0.2) is 0 Å². The van der Waals surface area contributed by atoms with E-state index in [9.17, 15) is 18.0 Å². The van der Waals surface area contributed by atoms with Crippen LogP contribution in [-0.2, 0) is 0 Å². The number of carbonyl (C=O) groups is 1. The molecule has 2 rings (SSSR count). The van der Waals surface area contributed by atoms with Gasteiger partial charge in [-0.25, -0.2) is 4.79 Å². The van der Waals surface area contributed by atoms with Crippen LogP contribution in [0.5, 0.6) is 0 Å². The first kappa shape index (κ1) is 12.3. The van der Waals surface area contributed by atoms with E-state index in [1.807, 2.05) is 0 Å². The lowest BCUT2D eigenvalue weighted by molar-refractivity contribution is -0.122. The molecule has 3 N–H and O–H groups in total. The molecule has 2 aromatic rings. The SMILES string of the molecule is O=C(NCC(F)(F)F)Nc1cccc2[nH]ccc12. The summed E-state index contributed by atoms with van der Waals surface area (Å²) in [7, 11) is 0. The maximum absolute atomic E-state index is 11.9. The Morgan fingerprint density at radius 2 is 2.06 bits per heavy atom. The van der Waals surface area contributed by atoms with Crippen LogP contribution in [0.1, 0.15) is 0 Å². The Balaban J connectivity index is 2.05. The molecule has 0 atom stereocenters. The molecule has 1 aromatic heterocycles. The molecule has 1 aromatic carbocycles. The van der Waals surface area contributed by atoms with Crippen LogP contribution >= 0.6 is 0 Å². The second-order valence-corrected chi connectivity index (χ2v) is 3.67. The van der Waals surface area contributed by atoms with E-state index in [0.717, 1.165) is 10.9 Å². The Morgan fingerprint density at radius 1 is 1.28 bits per heavy atom. The van der Waals surface area contributed by atoms with Crippen molar-refractivity contribution in [3.05, 3.63) is 30.5 Å². The van der Waals surface area contributed by atoms with Crippen LogP contribution < -0.4 is 10.6 Å². The monoisotopic (exact) mass is 257 g/mol. The molecule has 0 bridgehead atoms. The predicted molar refractivity (Wildman–Crippen MR) is 61.4 cm³/mol. The van der Waals surface area contributed by atoms with E-state index in [1.165, 1.54) is 0 Å². The number of rotatable bonds is 2. The first-order chi connectivity index (χ1) is 8.46. The average Bonchev–Trinajstić information content (AvgIpc) is 2.74. The minimum Gasteiger partial charge on any atom is -0.361 e. The number of hydrogen-bond acceptors (Lipinski definition) is 1. The fourth-order valence-electron chi connectivity index (χ4n) is 1.54. The molecule has 18 heavy (non-hydrogen) atoms. The lowest BCUT2D eigenvalue weighted by Crippen LogP contribution is -2.36. The Hall–Kier alpha value is -2.18. The normalized spacial score (nSPS) is 11.5. The molecule has 0 fully saturated rings. The van der Waals surface area contributed by atoms with Gasteiger partial charge in [-0.3, -0.25) is 0 Å². The van der Waals surface area contributed by atoms with Crippen molar-refractivity contribution in [2.24, 2.45) is 0 Å². The van der Waals surface area contributed by atoms with Crippen molar-refractivity contribution in [1.82, 2.24) is 10.3 Å². The molecular formula is C11H10F3N3O. The first-order valence-corrected chi connectivity index (χ1v) is 5.13. The zero-order valence-corrected chi connectivity index (χ0v) is 9.14. The number of benzene rings is 1. The molecule has 7 heteroatoms. The predicted octanol–water partition coefficient (Wildman–Crippen LogP) is 2.85. The third-order valence-electron chi connectivity index (χ3n) is 2.29. The third kappa shape index (κ3) is 2.93. The molecule has 1 heterocycles. The number of alkyl halides is 3. The van der Waals surface area contributed by atoms with Gasteiger partial charge in [-0.1, -0.05) is 6.07 Å². The minimum absolute atomic E-state index is 0.452. The number of halogens is 3. The molecular weight excluding hydrogens is 247 g/mol. The quantitative estimate of drug-likeness (QED) is 0.761. The van der Waals surface area contributed by atoms with Crippen molar-refractivity contribution in [1.29, 1.82) is 0 Å². The molecule has 0 radical (unpaired) electrons. The summed E-state index contributed by atoms with van der Waals surface area (Å²) in [5.41, 5.74) is 1.25. The van der Waals surface area contributed by atoms with E-state index in [2.05, 4.69) is 10.3 Å². The Labute approximate surface area is 100 Å². The van der Waals surface area contributed by atoms with E-state index in [-0.39, 0.29) is 0 Å². The second kappa shape index (κ2) is 4.59. The highest BCUT2D eigenvalue weighted by atomic mass is 19.4. The molecule has 0 saturated carbocycles. The number of amides is 2. The number of aromatic nitrogens is 1. The molecule has 4 nitrogen and oxygen atoms in total. The van der Waals surface area contributed by atoms with Crippen LogP contribution in [0.15, 0.2) is 30.5 Å². The molecule has 2 amide bonds. The zero-order valence-electron chi connectivity index (χ0n) is 9.14. The van der Waals surface area contributed by atoms with Gasteiger partial charge in [0, 0.05) is 17.1 Å². The summed E-state index contributed by atoms with van der Waals surface area (Å²) in [4.78, 5) is 14.2. The summed E-state index contributed by atoms with van der Waals surface area (Å²) in [6, 6.07) is 5.95. The van der Waals surface area contributed by atoms with Gasteiger partial charge in [0.1, 0.15) is 6.54 Å². The standard InChI is InChI=1S/C11H10F3N3O/c12-11(13,14)6-16-10(18)17-9-3-1-2-8-7(9)4-5-15-8/h1-5,15H,6H2,(H2,16,17,18). The average molecular weight is 257 g/mol. The summed E-state index contributed by atoms with van der Waals surface area (Å²) < 4.78 is 35.7. The molecule has 0 aliphatic carbocycles. The molecule has 0 spiro atoms. The van der Waals surface area contributed by atoms with Gasteiger partial charge >= 0.3 is 12.2 Å². The van der Waals surface area contributed by atoms with Crippen molar-refractivity contribution in [3.63, 3.8) is 0 Å². The van der Waals surface area contributed by atoms with Gasteiger partial charge in [-0.2, -0.15) is 13.2 Å². The van der Waals surface area contributed by atoms with Gasteiger partial charge in [-0.05, 0) is 18.2 Å². The number of anilines is 1. The van der Waals surface area contributed by atoms with Gasteiger partial charge in [0.2, 0.25) is 0 Å². The van der Waals surface area contributed by atoms with Crippen molar-refractivity contribution in [3.8, 4) is 0 Å². The number of carbonyl (C=O) groups excluding carboxylic acids is 1. The van der Waals surface area contributed by atoms with Gasteiger partial charge < -0.3 is 15.6 Å². The molecule has 0 saturated heterocycles. The fourth-order valence-corrected chi connectivity index (χ4v) is 1.54. The Bertz CT molecular complexity index is 562. The molecule has 96 valence electrons. The molecule has 0 aliphatic heterocycles. The first-order valence-electron chi connectivity index (χ1n) is 5.13. The summed E-state index contributed by atoms with van der Waals surface area (Å²) in [6.07, 6.45) is -2.74. The highest BCUT2D eigenvalue weighted by Crippen LogP contribution is 2.22. The minimum atomic E-state index is -4.42. The van der Waals surface area contributed by atoms with Crippen LogP contribution in [0.4, 0.5) is 23.7 Å². The fraction of sp³-hybridized carbons (Fsp3) is 0.182. The maximum Gasteiger partial charge on any atom is 0.405 e. The number of hydrogen-bond donors (Lipinski definition) is 3. The third-order valence-corrected chi connectivity index (χ3v) is 2.29. The van der Waals surface area contributed by atoms with E-state index in [4.69, 9.17) is 0 Å². The van der Waals surface area contributed by atoms with Crippen LogP contribution in [0.25, 0.3) is 10.9 Å². The van der Waals surface area contributed by atoms with E-state index < -0.39 is 18.8 Å². The largest absolute Gasteiger partial charge is 0.405 e. The zero-order chi connectivity index (χ0) is 13.2. The van der Waals surface area contributed by atoms with Crippen LogP contribution in [0.3, 0.4) is 0 Å². The smallest absolute Gasteiger partial charge is 0.361 e. The van der Waals surface area contributed by atoms with Gasteiger partial charge in [0.25, 0.3) is 0 Å². The van der Waals surface area contributed by atoms with Gasteiger partial charge in [-0.15, -0.1) is 0 Å². The van der Waals surface area contributed by atoms with E-state index in [0.29, 0.717) is 5.69 Å². The summed E-state index contributed by atoms with van der Waals surface area (Å²) in [5.74, 6) is 0. The second-order valence-electron chi connectivity index (χ2n) is 3.67. The lowest BCUT2D eigenvalue weighted by Gasteiger charge is -2.10. The number of H-pyrrole nitrogens is 1. The number of nitrogens with one attached hydrogen (secondary N) is 3. The Kier molecular flexibility index (Phi) is 3.14. The highest BCUT2D eigenvalue weighted by molar-refractivity contribution is 6.00. The maximum atomic E-state index is 11.9. The van der Waals surface area contributed by atoms with E-state index in [1.54, 1.807) is 35.8 Å². The Morgan fingerprint density at radius 3 is 2.78 bits per heavy atom. The van der Waals surface area contributed by atoms with Gasteiger partial charge in [0.05, 0.1) is 5.69 Å². The van der Waals surface area contributed by atoms with Crippen LogP contribution in [0, 0.1) is 0 Å². The van der Waals surface area contributed by atoms with Crippen molar-refractivity contribution in [2.45, 2.75) is 6.18 Å². The number of fused-ring (bicyclic) bond motifs is 1. The molecule has 0 aliphatic rings.